The van der Waals surface area contributed by atoms with Crippen molar-refractivity contribution in [1.82, 2.24) is 15.8 Å². The highest BCUT2D eigenvalue weighted by atomic mass is 16.6. The van der Waals surface area contributed by atoms with E-state index in [1.54, 1.807) is 19.1 Å². The number of fused-ring (bicyclic) bond motifs is 2. The Kier molecular flexibility index (Phi) is 5.23. The van der Waals surface area contributed by atoms with E-state index in [0.29, 0.717) is 11.1 Å². The molecular formula is C22H18N4O5. The summed E-state index contributed by atoms with van der Waals surface area (Å²) >= 11 is 0. The van der Waals surface area contributed by atoms with Crippen molar-refractivity contribution in [3.8, 4) is 5.75 Å². The van der Waals surface area contributed by atoms with E-state index in [-0.39, 0.29) is 16.9 Å². The minimum Gasteiger partial charge on any atom is -0.481 e. The van der Waals surface area contributed by atoms with E-state index >= 15 is 0 Å². The van der Waals surface area contributed by atoms with Crippen LogP contribution >= 0.6 is 0 Å². The lowest BCUT2D eigenvalue weighted by Gasteiger charge is -2.15. The number of aromatic nitrogens is 1. The second-order valence-corrected chi connectivity index (χ2v) is 6.89. The van der Waals surface area contributed by atoms with Crippen LogP contribution in [0.4, 0.5) is 5.69 Å². The highest BCUT2D eigenvalue weighted by Gasteiger charge is 2.19. The van der Waals surface area contributed by atoms with E-state index in [1.165, 1.54) is 18.2 Å². The van der Waals surface area contributed by atoms with Gasteiger partial charge in [0.25, 0.3) is 17.5 Å². The minimum absolute atomic E-state index is 0.0766. The Morgan fingerprint density at radius 1 is 0.968 bits per heavy atom. The van der Waals surface area contributed by atoms with Crippen LogP contribution in [0.3, 0.4) is 0 Å². The fourth-order valence-corrected chi connectivity index (χ4v) is 3.20. The summed E-state index contributed by atoms with van der Waals surface area (Å²) in [6, 6.07) is 19.2. The van der Waals surface area contributed by atoms with Crippen molar-refractivity contribution in [2.75, 3.05) is 0 Å². The number of nitrogens with zero attached hydrogens (tertiary/aromatic N) is 1. The molecule has 1 aromatic heterocycles. The van der Waals surface area contributed by atoms with Gasteiger partial charge in [-0.3, -0.25) is 30.6 Å². The largest absolute Gasteiger partial charge is 0.481 e. The van der Waals surface area contributed by atoms with Gasteiger partial charge in [-0.25, -0.2) is 0 Å². The molecule has 9 heteroatoms. The molecule has 0 spiro atoms. The summed E-state index contributed by atoms with van der Waals surface area (Å²) in [5, 5.41) is 13.7. The summed E-state index contributed by atoms with van der Waals surface area (Å²) in [6.45, 7) is 1.56. The number of hydrogen-bond donors (Lipinski definition) is 3. The normalized spacial score (nSPS) is 11.8. The second-order valence-electron chi connectivity index (χ2n) is 6.89. The van der Waals surface area contributed by atoms with Crippen molar-refractivity contribution < 1.29 is 19.2 Å². The van der Waals surface area contributed by atoms with E-state index in [2.05, 4.69) is 15.8 Å². The topological polar surface area (TPSA) is 126 Å². The number of benzene rings is 3. The van der Waals surface area contributed by atoms with Crippen LogP contribution in [0, 0.1) is 10.1 Å². The summed E-state index contributed by atoms with van der Waals surface area (Å²) in [6.07, 6.45) is -0.870. The van der Waals surface area contributed by atoms with Crippen LogP contribution in [-0.2, 0) is 4.79 Å². The number of amides is 2. The van der Waals surface area contributed by atoms with E-state index < -0.39 is 22.8 Å². The minimum atomic E-state index is -0.870. The number of hydrogen-bond acceptors (Lipinski definition) is 5. The van der Waals surface area contributed by atoms with Gasteiger partial charge in [-0.15, -0.1) is 0 Å². The molecule has 31 heavy (non-hydrogen) atoms. The number of aromatic amines is 1. The van der Waals surface area contributed by atoms with Crippen molar-refractivity contribution in [2.24, 2.45) is 0 Å². The zero-order chi connectivity index (χ0) is 22.0. The third-order valence-electron chi connectivity index (χ3n) is 4.78. The Hall–Kier alpha value is -4.40. The first kappa shape index (κ1) is 19.9. The first-order valence-corrected chi connectivity index (χ1v) is 9.44. The number of nitro groups is 1. The summed E-state index contributed by atoms with van der Waals surface area (Å²) in [4.78, 5) is 38.0. The predicted molar refractivity (Wildman–Crippen MR) is 115 cm³/mol. The number of non-ortho nitro benzene ring substituents is 1. The molecule has 156 valence electrons. The summed E-state index contributed by atoms with van der Waals surface area (Å²) in [5.74, 6) is -0.670. The molecule has 0 fully saturated rings. The first-order chi connectivity index (χ1) is 14.9. The van der Waals surface area contributed by atoms with Crippen molar-refractivity contribution in [1.29, 1.82) is 0 Å². The molecule has 1 unspecified atom stereocenters. The van der Waals surface area contributed by atoms with Gasteiger partial charge in [0, 0.05) is 11.5 Å². The number of nitro benzene ring substituents is 1. The molecule has 0 aliphatic carbocycles. The zero-order valence-electron chi connectivity index (χ0n) is 16.4. The third kappa shape index (κ3) is 4.15. The molecule has 1 heterocycles. The molecule has 0 bridgehead atoms. The van der Waals surface area contributed by atoms with Crippen LogP contribution < -0.4 is 15.6 Å². The Bertz CT molecular complexity index is 1310. The van der Waals surface area contributed by atoms with Crippen LogP contribution in [0.15, 0.2) is 66.7 Å². The molecule has 1 atom stereocenters. The maximum Gasteiger partial charge on any atom is 0.293 e. The first-order valence-electron chi connectivity index (χ1n) is 9.44. The smallest absolute Gasteiger partial charge is 0.293 e. The Morgan fingerprint density at radius 2 is 1.71 bits per heavy atom. The van der Waals surface area contributed by atoms with Gasteiger partial charge < -0.3 is 9.72 Å². The quantitative estimate of drug-likeness (QED) is 0.338. The van der Waals surface area contributed by atoms with Gasteiger partial charge in [0.15, 0.2) is 6.10 Å². The molecule has 3 N–H and O–H groups in total. The Morgan fingerprint density at radius 3 is 2.48 bits per heavy atom. The lowest BCUT2D eigenvalue weighted by molar-refractivity contribution is -0.383. The predicted octanol–water partition coefficient (Wildman–Crippen LogP) is 3.46. The van der Waals surface area contributed by atoms with Crippen molar-refractivity contribution in [3.63, 3.8) is 0 Å². The summed E-state index contributed by atoms with van der Waals surface area (Å²) < 4.78 is 5.67. The monoisotopic (exact) mass is 418 g/mol. The van der Waals surface area contributed by atoms with Crippen molar-refractivity contribution in [2.45, 2.75) is 13.0 Å². The molecule has 9 nitrogen and oxygen atoms in total. The molecule has 0 aliphatic rings. The number of nitrogens with one attached hydrogen (secondary N) is 3. The second kappa shape index (κ2) is 8.15. The average Bonchev–Trinajstić information content (AvgIpc) is 3.21. The number of rotatable bonds is 5. The van der Waals surface area contributed by atoms with E-state index in [9.17, 15) is 19.7 Å². The van der Waals surface area contributed by atoms with Crippen LogP contribution in [0.2, 0.25) is 0 Å². The van der Waals surface area contributed by atoms with Gasteiger partial charge in [-0.1, -0.05) is 42.5 Å². The van der Waals surface area contributed by atoms with Crippen molar-refractivity contribution in [3.05, 3.63) is 82.5 Å². The molecule has 0 saturated carbocycles. The maximum absolute atomic E-state index is 12.4. The maximum atomic E-state index is 12.4. The standard InChI is InChI=1S/C22H18N4O5/c1-13(31-17-10-9-14-5-2-3-6-15(14)11-17)21(27)24-25-22(28)18-12-16-7-4-8-19(26(29)30)20(16)23-18/h2-13,23H,1H3,(H,24,27)(H,25,28). The number of para-hydroxylation sites is 1. The molecule has 3 aromatic carbocycles. The van der Waals surface area contributed by atoms with Crippen LogP contribution in [0.5, 0.6) is 5.75 Å². The SMILES string of the molecule is CC(Oc1ccc2ccccc2c1)C(=O)NNC(=O)c1cc2cccc([N+](=O)[O-])c2[nH]1. The number of carbonyl (C=O) groups excluding carboxylic acids is 2. The number of H-pyrrole nitrogens is 1. The van der Waals surface area contributed by atoms with Gasteiger partial charge >= 0.3 is 0 Å². The number of ether oxygens (including phenoxy) is 1. The van der Waals surface area contributed by atoms with Crippen molar-refractivity contribution >= 4 is 39.2 Å². The Balaban J connectivity index is 1.39. The number of carbonyl (C=O) groups is 2. The summed E-state index contributed by atoms with van der Waals surface area (Å²) in [5.41, 5.74) is 4.76. The lowest BCUT2D eigenvalue weighted by atomic mass is 10.1. The van der Waals surface area contributed by atoms with Crippen LogP contribution in [-0.4, -0.2) is 27.8 Å². The van der Waals surface area contributed by atoms with Gasteiger partial charge in [0.05, 0.1) is 4.92 Å². The van der Waals surface area contributed by atoms with Crippen LogP contribution in [0.1, 0.15) is 17.4 Å². The Labute approximate surface area is 176 Å². The fraction of sp³-hybridized carbons (Fsp3) is 0.0909. The zero-order valence-corrected chi connectivity index (χ0v) is 16.4. The van der Waals surface area contributed by atoms with E-state index in [0.717, 1.165) is 10.8 Å². The molecule has 0 saturated heterocycles. The average molecular weight is 418 g/mol. The number of hydrazine groups is 1. The lowest BCUT2D eigenvalue weighted by Crippen LogP contribution is -2.47. The van der Waals surface area contributed by atoms with E-state index in [4.69, 9.17) is 4.74 Å². The molecule has 2 amide bonds. The third-order valence-corrected chi connectivity index (χ3v) is 4.78. The molecule has 4 aromatic rings. The fourth-order valence-electron chi connectivity index (χ4n) is 3.20. The summed E-state index contributed by atoms with van der Waals surface area (Å²) in [7, 11) is 0. The molecule has 0 radical (unpaired) electrons. The van der Waals surface area contributed by atoms with E-state index in [1.807, 2.05) is 36.4 Å². The van der Waals surface area contributed by atoms with Gasteiger partial charge in [-0.2, -0.15) is 0 Å². The molecule has 4 rings (SSSR count). The van der Waals surface area contributed by atoms with Gasteiger partial charge in [0.2, 0.25) is 0 Å². The van der Waals surface area contributed by atoms with Crippen LogP contribution in [0.25, 0.3) is 21.7 Å². The molecular weight excluding hydrogens is 400 g/mol. The highest BCUT2D eigenvalue weighted by Crippen LogP contribution is 2.25. The molecule has 0 aliphatic heterocycles. The highest BCUT2D eigenvalue weighted by molar-refractivity contribution is 6.00. The van der Waals surface area contributed by atoms with Gasteiger partial charge in [0.1, 0.15) is 17.0 Å². The van der Waals surface area contributed by atoms with Gasteiger partial charge in [-0.05, 0) is 35.9 Å².